The smallest absolute Gasteiger partial charge is 0.308 e. The Kier molecular flexibility index (Phi) is 5.27. The molecule has 0 bridgehead atoms. The summed E-state index contributed by atoms with van der Waals surface area (Å²) in [5.41, 5.74) is 0.640. The van der Waals surface area contributed by atoms with E-state index in [0.29, 0.717) is 18.5 Å². The zero-order chi connectivity index (χ0) is 16.1. The van der Waals surface area contributed by atoms with Gasteiger partial charge in [-0.1, -0.05) is 24.3 Å². The monoisotopic (exact) mass is 304 g/mol. The molecule has 0 amide bonds. The third-order valence-electron chi connectivity index (χ3n) is 4.21. The average Bonchev–Trinajstić information content (AvgIpc) is 2.49. The Morgan fingerprint density at radius 3 is 2.91 bits per heavy atom. The topological polar surface area (TPSA) is 83.7 Å². The van der Waals surface area contributed by atoms with E-state index in [2.05, 4.69) is 4.90 Å². The van der Waals surface area contributed by atoms with Crippen molar-refractivity contribution in [1.82, 2.24) is 4.90 Å². The number of para-hydroxylation sites is 1. The lowest BCUT2D eigenvalue weighted by atomic mass is 9.90. The maximum absolute atomic E-state index is 11.2. The van der Waals surface area contributed by atoms with Crippen LogP contribution in [0, 0.1) is 16.0 Å². The maximum Gasteiger partial charge on any atom is 0.308 e. The van der Waals surface area contributed by atoms with Crippen molar-refractivity contribution in [3.05, 3.63) is 46.0 Å². The molecule has 1 N–H and O–H groups in total. The fourth-order valence-electron chi connectivity index (χ4n) is 2.91. The predicted molar refractivity (Wildman–Crippen MR) is 83.5 cm³/mol. The molecule has 1 aromatic carbocycles. The predicted octanol–water partition coefficient (Wildman–Crippen LogP) is 2.79. The molecule has 1 aromatic rings. The van der Waals surface area contributed by atoms with Gasteiger partial charge in [0.1, 0.15) is 0 Å². The van der Waals surface area contributed by atoms with Crippen molar-refractivity contribution < 1.29 is 14.8 Å². The number of carboxylic acid groups (broad SMARTS) is 1. The van der Waals surface area contributed by atoms with Gasteiger partial charge in [-0.25, -0.2) is 0 Å². The molecule has 0 aliphatic carbocycles. The van der Waals surface area contributed by atoms with Crippen LogP contribution in [0.25, 0.3) is 6.08 Å². The molecule has 22 heavy (non-hydrogen) atoms. The number of likely N-dealkylation sites (tertiary alicyclic amines) is 1. The Labute approximate surface area is 129 Å². The average molecular weight is 304 g/mol. The molecule has 1 fully saturated rings. The van der Waals surface area contributed by atoms with Crippen molar-refractivity contribution in [2.45, 2.75) is 25.8 Å². The summed E-state index contributed by atoms with van der Waals surface area (Å²) in [7, 11) is 0. The van der Waals surface area contributed by atoms with Gasteiger partial charge in [0.2, 0.25) is 0 Å². The van der Waals surface area contributed by atoms with Gasteiger partial charge in [-0.2, -0.15) is 0 Å². The number of hydrogen-bond donors (Lipinski definition) is 1. The van der Waals surface area contributed by atoms with E-state index >= 15 is 0 Å². The van der Waals surface area contributed by atoms with Crippen LogP contribution >= 0.6 is 0 Å². The second kappa shape index (κ2) is 7.17. The molecule has 0 unspecified atom stereocenters. The highest BCUT2D eigenvalue weighted by atomic mass is 16.6. The highest BCUT2D eigenvalue weighted by Crippen LogP contribution is 2.24. The van der Waals surface area contributed by atoms with Gasteiger partial charge in [0.15, 0.2) is 0 Å². The molecule has 0 saturated carbocycles. The Bertz CT molecular complexity index is 585. The van der Waals surface area contributed by atoms with Crippen molar-refractivity contribution in [2.24, 2.45) is 5.92 Å². The van der Waals surface area contributed by atoms with E-state index in [1.165, 1.54) is 6.07 Å². The third kappa shape index (κ3) is 3.71. The highest BCUT2D eigenvalue weighted by molar-refractivity contribution is 5.71. The molecule has 1 aliphatic heterocycles. The second-order valence-electron chi connectivity index (χ2n) is 5.54. The first kappa shape index (κ1) is 16.2. The van der Waals surface area contributed by atoms with Crippen LogP contribution in [0.15, 0.2) is 30.3 Å². The summed E-state index contributed by atoms with van der Waals surface area (Å²) >= 11 is 0. The minimum atomic E-state index is -0.750. The van der Waals surface area contributed by atoms with Gasteiger partial charge in [0.25, 0.3) is 5.69 Å². The van der Waals surface area contributed by atoms with Gasteiger partial charge >= 0.3 is 5.97 Å². The zero-order valence-electron chi connectivity index (χ0n) is 12.5. The molecule has 0 aromatic heterocycles. The summed E-state index contributed by atoms with van der Waals surface area (Å²) in [6.45, 7) is 3.37. The van der Waals surface area contributed by atoms with Crippen LogP contribution in [0.4, 0.5) is 5.69 Å². The van der Waals surface area contributed by atoms with E-state index in [0.717, 1.165) is 13.0 Å². The molecule has 6 heteroatoms. The van der Waals surface area contributed by atoms with E-state index in [9.17, 15) is 20.0 Å². The summed E-state index contributed by atoms with van der Waals surface area (Å²) in [4.78, 5) is 23.9. The lowest BCUT2D eigenvalue weighted by Crippen LogP contribution is -2.46. The lowest BCUT2D eigenvalue weighted by molar-refractivity contribution is -0.385. The summed E-state index contributed by atoms with van der Waals surface area (Å²) in [6, 6.07) is 6.55. The molecule has 6 nitrogen and oxygen atoms in total. The van der Waals surface area contributed by atoms with Gasteiger partial charge in [-0.3, -0.25) is 19.8 Å². The molecule has 1 heterocycles. The Morgan fingerprint density at radius 2 is 2.23 bits per heavy atom. The zero-order valence-corrected chi connectivity index (χ0v) is 12.5. The van der Waals surface area contributed by atoms with E-state index in [4.69, 9.17) is 0 Å². The number of carboxylic acids is 1. The highest BCUT2D eigenvalue weighted by Gasteiger charge is 2.32. The summed E-state index contributed by atoms with van der Waals surface area (Å²) in [6.07, 6.45) is 5.17. The van der Waals surface area contributed by atoms with Crippen LogP contribution in [-0.2, 0) is 4.79 Å². The van der Waals surface area contributed by atoms with Crippen LogP contribution in [0.1, 0.15) is 25.3 Å². The Balaban J connectivity index is 2.03. The van der Waals surface area contributed by atoms with Crippen LogP contribution in [0.3, 0.4) is 0 Å². The fourth-order valence-corrected chi connectivity index (χ4v) is 2.91. The minimum absolute atomic E-state index is 0.0262. The first-order chi connectivity index (χ1) is 10.5. The van der Waals surface area contributed by atoms with Gasteiger partial charge in [0.05, 0.1) is 16.4 Å². The summed E-state index contributed by atoms with van der Waals surface area (Å²) in [5.74, 6) is -1.09. The SMILES string of the molecule is C[C@@H]1[C@H](C(=O)O)CCCN1C/C=C/c1ccccc1[N+](=O)[O-]. The van der Waals surface area contributed by atoms with Crippen LogP contribution in [0.5, 0.6) is 0 Å². The number of carbonyl (C=O) groups is 1. The first-order valence-corrected chi connectivity index (χ1v) is 7.37. The number of benzene rings is 1. The number of rotatable bonds is 5. The van der Waals surface area contributed by atoms with E-state index in [1.54, 1.807) is 24.3 Å². The van der Waals surface area contributed by atoms with Crippen LogP contribution in [0.2, 0.25) is 0 Å². The van der Waals surface area contributed by atoms with Crippen molar-refractivity contribution in [1.29, 1.82) is 0 Å². The fraction of sp³-hybridized carbons (Fsp3) is 0.438. The van der Waals surface area contributed by atoms with Crippen molar-refractivity contribution in [3.63, 3.8) is 0 Å². The molecule has 2 atom stereocenters. The number of hydrogen-bond acceptors (Lipinski definition) is 4. The molecule has 118 valence electrons. The number of nitro groups is 1. The minimum Gasteiger partial charge on any atom is -0.481 e. The molecule has 0 spiro atoms. The molecular weight excluding hydrogens is 284 g/mol. The van der Waals surface area contributed by atoms with E-state index in [-0.39, 0.29) is 17.6 Å². The second-order valence-corrected chi connectivity index (χ2v) is 5.54. The first-order valence-electron chi connectivity index (χ1n) is 7.37. The standard InChI is InChI=1S/C16H20N2O4/c1-12-14(16(19)20)8-5-11-17(12)10-4-7-13-6-2-3-9-15(13)18(21)22/h2-4,6-7,9,12,14H,5,8,10-11H2,1H3,(H,19,20)/b7-4+/t12-,14-/m1/s1. The van der Waals surface area contributed by atoms with E-state index < -0.39 is 10.9 Å². The Morgan fingerprint density at radius 1 is 1.50 bits per heavy atom. The normalized spacial score (nSPS) is 22.8. The largest absolute Gasteiger partial charge is 0.481 e. The summed E-state index contributed by atoms with van der Waals surface area (Å²) < 4.78 is 0. The quantitative estimate of drug-likeness (QED) is 0.668. The maximum atomic E-state index is 11.2. The van der Waals surface area contributed by atoms with Crippen molar-refractivity contribution in [3.8, 4) is 0 Å². The third-order valence-corrected chi connectivity index (χ3v) is 4.21. The number of nitrogens with zero attached hydrogens (tertiary/aromatic N) is 2. The van der Waals surface area contributed by atoms with Crippen molar-refractivity contribution in [2.75, 3.05) is 13.1 Å². The van der Waals surface area contributed by atoms with Gasteiger partial charge in [-0.05, 0) is 32.4 Å². The summed E-state index contributed by atoms with van der Waals surface area (Å²) in [5, 5.41) is 20.2. The molecular formula is C16H20N2O4. The van der Waals surface area contributed by atoms with Gasteiger partial charge < -0.3 is 5.11 Å². The molecule has 0 radical (unpaired) electrons. The van der Waals surface area contributed by atoms with Crippen LogP contribution < -0.4 is 0 Å². The van der Waals surface area contributed by atoms with Crippen molar-refractivity contribution >= 4 is 17.7 Å². The van der Waals surface area contributed by atoms with Crippen LogP contribution in [-0.4, -0.2) is 40.0 Å². The molecule has 1 saturated heterocycles. The van der Waals surface area contributed by atoms with Gasteiger partial charge in [0, 0.05) is 18.7 Å². The molecule has 1 aliphatic rings. The number of piperidine rings is 1. The number of aliphatic carboxylic acids is 1. The number of nitro benzene ring substituents is 1. The lowest BCUT2D eigenvalue weighted by Gasteiger charge is -2.36. The Hall–Kier alpha value is -2.21. The van der Waals surface area contributed by atoms with E-state index in [1.807, 2.05) is 13.0 Å². The van der Waals surface area contributed by atoms with Gasteiger partial charge in [-0.15, -0.1) is 0 Å². The molecule has 2 rings (SSSR count).